The van der Waals surface area contributed by atoms with E-state index in [0.717, 1.165) is 0 Å². The first-order valence-corrected chi connectivity index (χ1v) is 6.11. The van der Waals surface area contributed by atoms with Crippen molar-refractivity contribution in [2.45, 2.75) is 0 Å². The molecule has 2 aromatic rings. The molecule has 0 N–H and O–H groups in total. The first-order chi connectivity index (χ1) is 10.6. The van der Waals surface area contributed by atoms with Crippen molar-refractivity contribution in [1.82, 2.24) is 0 Å². The molecule has 2 rings (SSSR count). The molecule has 0 amide bonds. The Morgan fingerprint density at radius 3 is 1.27 bits per heavy atom. The van der Waals surface area contributed by atoms with E-state index in [-0.39, 0.29) is 11.4 Å². The number of benzene rings is 2. The van der Waals surface area contributed by atoms with Crippen molar-refractivity contribution in [3.05, 3.63) is 79.9 Å². The van der Waals surface area contributed by atoms with E-state index in [1.165, 1.54) is 36.7 Å². The highest BCUT2D eigenvalue weighted by Gasteiger charge is 2.03. The van der Waals surface area contributed by atoms with Gasteiger partial charge in [-0.3, -0.25) is 20.2 Å². The maximum absolute atomic E-state index is 10.5. The number of non-ortho nitro benzene ring substituents is 2. The summed E-state index contributed by atoms with van der Waals surface area (Å²) in [7, 11) is 0. The first kappa shape index (κ1) is 15.0. The highest BCUT2D eigenvalue weighted by Crippen LogP contribution is 2.11. The number of nitro benzene ring substituents is 2. The average Bonchev–Trinajstić information content (AvgIpc) is 2.52. The van der Waals surface area contributed by atoms with Crippen molar-refractivity contribution in [2.75, 3.05) is 0 Å². The summed E-state index contributed by atoms with van der Waals surface area (Å²) in [5.74, 6) is 0. The normalized spacial score (nSPS) is 11.1. The Balaban J connectivity index is 1.99. The van der Waals surface area contributed by atoms with Crippen molar-refractivity contribution in [3.63, 3.8) is 0 Å². The van der Waals surface area contributed by atoms with Gasteiger partial charge in [0.15, 0.2) is 0 Å². The fourth-order valence-electron chi connectivity index (χ4n) is 1.56. The van der Waals surface area contributed by atoms with Crippen LogP contribution in [0.15, 0.2) is 58.7 Å². The van der Waals surface area contributed by atoms with E-state index in [1.54, 1.807) is 24.3 Å². The van der Waals surface area contributed by atoms with Crippen LogP contribution in [0.2, 0.25) is 0 Å². The van der Waals surface area contributed by atoms with Gasteiger partial charge in [0.25, 0.3) is 11.4 Å². The third kappa shape index (κ3) is 4.04. The molecule has 0 heterocycles. The molecule has 8 nitrogen and oxygen atoms in total. The minimum atomic E-state index is -0.479. The van der Waals surface area contributed by atoms with Crippen molar-refractivity contribution in [1.29, 1.82) is 0 Å². The summed E-state index contributed by atoms with van der Waals surface area (Å²) in [5, 5.41) is 28.6. The van der Waals surface area contributed by atoms with Gasteiger partial charge in [0.1, 0.15) is 0 Å². The molecule has 0 aliphatic rings. The molecule has 0 saturated carbocycles. The van der Waals surface area contributed by atoms with E-state index in [9.17, 15) is 20.2 Å². The molecular weight excluding hydrogens is 288 g/mol. The largest absolute Gasteiger partial charge is 0.269 e. The van der Waals surface area contributed by atoms with Gasteiger partial charge in [-0.1, -0.05) is 0 Å². The lowest BCUT2D eigenvalue weighted by Gasteiger charge is -1.93. The average molecular weight is 298 g/mol. The fourth-order valence-corrected chi connectivity index (χ4v) is 1.56. The number of rotatable bonds is 5. The summed E-state index contributed by atoms with van der Waals surface area (Å²) >= 11 is 0. The Morgan fingerprint density at radius 2 is 1.00 bits per heavy atom. The van der Waals surface area contributed by atoms with Crippen LogP contribution in [0, 0.1) is 20.2 Å². The Bertz CT molecular complexity index is 671. The van der Waals surface area contributed by atoms with Gasteiger partial charge in [0.2, 0.25) is 0 Å². The zero-order valence-electron chi connectivity index (χ0n) is 11.2. The van der Waals surface area contributed by atoms with Gasteiger partial charge in [-0.2, -0.15) is 10.2 Å². The second-order valence-electron chi connectivity index (χ2n) is 4.19. The minimum Gasteiger partial charge on any atom is -0.258 e. The van der Waals surface area contributed by atoms with Crippen LogP contribution in [0.5, 0.6) is 0 Å². The molecular formula is C14H10N4O4. The molecule has 0 aliphatic heterocycles. The summed E-state index contributed by atoms with van der Waals surface area (Å²) in [6, 6.07) is 11.7. The third-order valence-electron chi connectivity index (χ3n) is 2.69. The molecule has 0 saturated heterocycles. The zero-order chi connectivity index (χ0) is 15.9. The molecule has 0 aromatic heterocycles. The summed E-state index contributed by atoms with van der Waals surface area (Å²) in [6.45, 7) is 0. The first-order valence-electron chi connectivity index (χ1n) is 6.11. The smallest absolute Gasteiger partial charge is 0.258 e. The molecule has 8 heteroatoms. The Morgan fingerprint density at radius 1 is 0.682 bits per heavy atom. The third-order valence-corrected chi connectivity index (χ3v) is 2.69. The lowest BCUT2D eigenvalue weighted by Crippen LogP contribution is -1.88. The van der Waals surface area contributed by atoms with Crippen LogP contribution < -0.4 is 0 Å². The van der Waals surface area contributed by atoms with E-state index in [2.05, 4.69) is 10.2 Å². The highest BCUT2D eigenvalue weighted by atomic mass is 16.6. The monoisotopic (exact) mass is 298 g/mol. The van der Waals surface area contributed by atoms with Crippen LogP contribution in [0.25, 0.3) is 0 Å². The van der Waals surface area contributed by atoms with Crippen LogP contribution in [0.1, 0.15) is 11.1 Å². The Labute approximate surface area is 124 Å². The Kier molecular flexibility index (Phi) is 4.66. The topological polar surface area (TPSA) is 111 Å². The number of nitrogens with zero attached hydrogens (tertiary/aromatic N) is 4. The number of nitro groups is 2. The van der Waals surface area contributed by atoms with E-state index in [0.29, 0.717) is 11.1 Å². The van der Waals surface area contributed by atoms with Gasteiger partial charge in [-0.05, 0) is 35.4 Å². The standard InChI is InChI=1S/C14H10N4O4/c19-17(20)13-5-1-11(2-6-13)9-15-16-10-12-3-7-14(8-4-12)18(21)22/h1-10H/b15-9-,16-10-. The van der Waals surface area contributed by atoms with Crippen molar-refractivity contribution < 1.29 is 9.85 Å². The van der Waals surface area contributed by atoms with Gasteiger partial charge in [0, 0.05) is 24.3 Å². The molecule has 0 bridgehead atoms. The maximum Gasteiger partial charge on any atom is 0.269 e. The molecule has 110 valence electrons. The van der Waals surface area contributed by atoms with Gasteiger partial charge >= 0.3 is 0 Å². The Hall–Kier alpha value is -3.42. The quantitative estimate of drug-likeness (QED) is 0.480. The predicted octanol–water partition coefficient (Wildman–Crippen LogP) is 2.96. The van der Waals surface area contributed by atoms with Crippen LogP contribution >= 0.6 is 0 Å². The van der Waals surface area contributed by atoms with Crippen molar-refractivity contribution in [3.8, 4) is 0 Å². The lowest BCUT2D eigenvalue weighted by atomic mass is 10.2. The van der Waals surface area contributed by atoms with Gasteiger partial charge in [-0.15, -0.1) is 0 Å². The fraction of sp³-hybridized carbons (Fsp3) is 0. The molecule has 0 atom stereocenters. The van der Waals surface area contributed by atoms with E-state index < -0.39 is 9.85 Å². The van der Waals surface area contributed by atoms with E-state index >= 15 is 0 Å². The summed E-state index contributed by atoms with van der Waals surface area (Å²) in [6.07, 6.45) is 2.90. The predicted molar refractivity (Wildman–Crippen MR) is 81.4 cm³/mol. The van der Waals surface area contributed by atoms with Crippen molar-refractivity contribution in [2.24, 2.45) is 10.2 Å². The van der Waals surface area contributed by atoms with Crippen LogP contribution in [0.3, 0.4) is 0 Å². The SMILES string of the molecule is O=[N+]([O-])c1ccc(/C=N\N=C/c2ccc([N+](=O)[O-])cc2)cc1. The molecule has 22 heavy (non-hydrogen) atoms. The van der Waals surface area contributed by atoms with Gasteiger partial charge in [0.05, 0.1) is 22.3 Å². The van der Waals surface area contributed by atoms with Crippen LogP contribution in [0.4, 0.5) is 11.4 Å². The molecule has 0 radical (unpaired) electrons. The summed E-state index contributed by atoms with van der Waals surface area (Å²) < 4.78 is 0. The highest BCUT2D eigenvalue weighted by molar-refractivity contribution is 5.83. The van der Waals surface area contributed by atoms with Crippen LogP contribution in [-0.2, 0) is 0 Å². The molecule has 0 unspecified atom stereocenters. The molecule has 0 aliphatic carbocycles. The summed E-state index contributed by atoms with van der Waals surface area (Å²) in [5.41, 5.74) is 1.36. The van der Waals surface area contributed by atoms with Crippen LogP contribution in [-0.4, -0.2) is 22.3 Å². The van der Waals surface area contributed by atoms with Gasteiger partial charge in [-0.25, -0.2) is 0 Å². The second-order valence-corrected chi connectivity index (χ2v) is 4.19. The number of hydrogen-bond acceptors (Lipinski definition) is 6. The summed E-state index contributed by atoms with van der Waals surface area (Å²) in [4.78, 5) is 20.0. The maximum atomic E-state index is 10.5. The molecule has 2 aromatic carbocycles. The van der Waals surface area contributed by atoms with E-state index in [1.807, 2.05) is 0 Å². The van der Waals surface area contributed by atoms with E-state index in [4.69, 9.17) is 0 Å². The number of hydrogen-bond donors (Lipinski definition) is 0. The molecule has 0 spiro atoms. The van der Waals surface area contributed by atoms with Crippen molar-refractivity contribution >= 4 is 23.8 Å². The molecule has 0 fully saturated rings. The van der Waals surface area contributed by atoms with Gasteiger partial charge < -0.3 is 0 Å². The minimum absolute atomic E-state index is 0.00605. The zero-order valence-corrected chi connectivity index (χ0v) is 11.2. The second kappa shape index (κ2) is 6.84. The lowest BCUT2D eigenvalue weighted by molar-refractivity contribution is -0.385.